The zero-order valence-electron chi connectivity index (χ0n) is 30.9. The molecule has 2 atom stereocenters. The summed E-state index contributed by atoms with van der Waals surface area (Å²) in [4.78, 5) is 34.4. The second-order valence-corrected chi connectivity index (χ2v) is 15.8. The van der Waals surface area contributed by atoms with E-state index in [1.165, 1.54) is 0 Å². The fourth-order valence-electron chi connectivity index (χ4n) is 9.03. The van der Waals surface area contributed by atoms with Crippen molar-refractivity contribution in [2.24, 2.45) is 0 Å². The van der Waals surface area contributed by atoms with Crippen LogP contribution in [0, 0.1) is 5.82 Å². The number of fused-ring (bicyclic) bond motifs is 5. The standard InChI is InChI=1S/C40H49FN6O5/c1-6-25-10-7-11-26-18-29(51-24-49-5)19-30(32(25)26)34-33(41)35-31(20-42-34)36(44-37(43-35)50-23-40-14-8-16-46(40)17-9-15-40)45-21-27-12-13-28(22-45)47(27)38(48)52-39(2,3)4/h7,10-11,18-20,27-28H,6,8-9,12-17,21-24H2,1-5H3. The predicted molar refractivity (Wildman–Crippen MR) is 197 cm³/mol. The fourth-order valence-corrected chi connectivity index (χ4v) is 9.03. The Bertz CT molecular complexity index is 1980. The maximum atomic E-state index is 17.3. The van der Waals surface area contributed by atoms with Crippen molar-refractivity contribution in [1.29, 1.82) is 0 Å². The average Bonchev–Trinajstić information content (AvgIpc) is 3.79. The van der Waals surface area contributed by atoms with E-state index in [9.17, 15) is 4.79 Å². The first kappa shape index (κ1) is 34.8. The summed E-state index contributed by atoms with van der Waals surface area (Å²) >= 11 is 0. The van der Waals surface area contributed by atoms with Gasteiger partial charge in [0.05, 0.1) is 23.0 Å². The van der Waals surface area contributed by atoms with Gasteiger partial charge in [-0.25, -0.2) is 9.18 Å². The molecule has 2 unspecified atom stereocenters. The van der Waals surface area contributed by atoms with E-state index >= 15 is 4.39 Å². The highest BCUT2D eigenvalue weighted by Crippen LogP contribution is 2.42. The molecule has 0 spiro atoms. The third kappa shape index (κ3) is 6.27. The number of hydrogen-bond donors (Lipinski definition) is 0. The topological polar surface area (TPSA) is 102 Å². The van der Waals surface area contributed by atoms with Gasteiger partial charge in [-0.1, -0.05) is 25.1 Å². The van der Waals surface area contributed by atoms with E-state index in [1.54, 1.807) is 13.3 Å². The van der Waals surface area contributed by atoms with E-state index in [0.29, 0.717) is 42.2 Å². The number of ether oxygens (including phenoxy) is 4. The van der Waals surface area contributed by atoms with Gasteiger partial charge < -0.3 is 23.8 Å². The largest absolute Gasteiger partial charge is 0.468 e. The van der Waals surface area contributed by atoms with Crippen LogP contribution in [0.15, 0.2) is 36.5 Å². The first-order chi connectivity index (χ1) is 25.1. The van der Waals surface area contributed by atoms with Crippen LogP contribution in [0.1, 0.15) is 71.8 Å². The molecule has 8 rings (SSSR count). The normalized spacial score (nSPS) is 21.3. The number of hydrogen-bond acceptors (Lipinski definition) is 10. The van der Waals surface area contributed by atoms with E-state index < -0.39 is 11.4 Å². The number of carbonyl (C=O) groups is 1. The Hall–Kier alpha value is -4.29. The molecule has 0 N–H and O–H groups in total. The van der Waals surface area contributed by atoms with Crippen LogP contribution in [0.5, 0.6) is 11.8 Å². The van der Waals surface area contributed by atoms with Crippen LogP contribution in [0.3, 0.4) is 0 Å². The first-order valence-corrected chi connectivity index (χ1v) is 18.8. The van der Waals surface area contributed by atoms with Crippen molar-refractivity contribution in [2.45, 2.75) is 95.9 Å². The lowest BCUT2D eigenvalue weighted by Crippen LogP contribution is -2.57. The quantitative estimate of drug-likeness (QED) is 0.167. The molecular formula is C40H49FN6O5. The van der Waals surface area contributed by atoms with E-state index in [4.69, 9.17) is 33.9 Å². The van der Waals surface area contributed by atoms with E-state index in [1.807, 2.05) is 49.9 Å². The van der Waals surface area contributed by atoms with Crippen molar-refractivity contribution in [3.05, 3.63) is 47.9 Å². The number of carbonyl (C=O) groups excluding carboxylic acids is 1. The van der Waals surface area contributed by atoms with Crippen molar-refractivity contribution in [3.8, 4) is 23.0 Å². The summed E-state index contributed by atoms with van der Waals surface area (Å²) in [6.45, 7) is 11.5. The number of benzene rings is 2. The van der Waals surface area contributed by atoms with Crippen molar-refractivity contribution in [3.63, 3.8) is 0 Å². The monoisotopic (exact) mass is 712 g/mol. The number of halogens is 1. The summed E-state index contributed by atoms with van der Waals surface area (Å²) in [5.74, 6) is 0.586. The smallest absolute Gasteiger partial charge is 0.410 e. The van der Waals surface area contributed by atoms with E-state index in [-0.39, 0.29) is 47.7 Å². The van der Waals surface area contributed by atoms with Gasteiger partial charge in [-0.15, -0.1) is 0 Å². The molecule has 4 aromatic rings. The lowest BCUT2D eigenvalue weighted by atomic mass is 9.95. The third-order valence-electron chi connectivity index (χ3n) is 11.3. The Kier molecular flexibility index (Phi) is 9.10. The summed E-state index contributed by atoms with van der Waals surface area (Å²) in [6.07, 6.45) is 8.30. The molecule has 6 heterocycles. The minimum atomic E-state index is -0.587. The number of aryl methyl sites for hydroxylation is 1. The molecular weight excluding hydrogens is 663 g/mol. The van der Waals surface area contributed by atoms with Gasteiger partial charge in [0, 0.05) is 32.0 Å². The molecule has 4 fully saturated rings. The molecule has 4 aliphatic heterocycles. The van der Waals surface area contributed by atoms with Crippen LogP contribution >= 0.6 is 0 Å². The molecule has 12 heteroatoms. The van der Waals surface area contributed by atoms with E-state index in [2.05, 4.69) is 22.8 Å². The molecule has 0 saturated carbocycles. The van der Waals surface area contributed by atoms with E-state index in [0.717, 1.165) is 74.4 Å². The van der Waals surface area contributed by atoms with Gasteiger partial charge in [0.15, 0.2) is 12.6 Å². The molecule has 276 valence electrons. The molecule has 4 saturated heterocycles. The van der Waals surface area contributed by atoms with Gasteiger partial charge in [0.1, 0.15) is 35.0 Å². The maximum absolute atomic E-state index is 17.3. The molecule has 0 radical (unpaired) electrons. The highest BCUT2D eigenvalue weighted by Gasteiger charge is 2.46. The Morgan fingerprint density at radius 2 is 1.79 bits per heavy atom. The Morgan fingerprint density at radius 3 is 2.48 bits per heavy atom. The number of rotatable bonds is 9. The summed E-state index contributed by atoms with van der Waals surface area (Å²) in [5.41, 5.74) is 1.42. The number of piperazine rings is 1. The lowest BCUT2D eigenvalue weighted by Gasteiger charge is -2.42. The number of pyridine rings is 1. The highest BCUT2D eigenvalue weighted by molar-refractivity contribution is 6.01. The number of methoxy groups -OCH3 is 1. The Balaban J connectivity index is 1.22. The number of nitrogens with zero attached hydrogens (tertiary/aromatic N) is 6. The van der Waals surface area contributed by atoms with Crippen LogP contribution in [0.4, 0.5) is 15.0 Å². The predicted octanol–water partition coefficient (Wildman–Crippen LogP) is 7.12. The van der Waals surface area contributed by atoms with Crippen molar-refractivity contribution < 1.29 is 28.1 Å². The van der Waals surface area contributed by atoms with Crippen LogP contribution < -0.4 is 14.4 Å². The minimum Gasteiger partial charge on any atom is -0.468 e. The Labute approximate surface area is 304 Å². The zero-order chi connectivity index (χ0) is 36.2. The summed E-state index contributed by atoms with van der Waals surface area (Å²) < 4.78 is 40.6. The lowest BCUT2D eigenvalue weighted by molar-refractivity contribution is 0.0122. The second kappa shape index (κ2) is 13.6. The molecule has 4 aliphatic rings. The van der Waals surface area contributed by atoms with Gasteiger partial charge in [-0.05, 0) is 107 Å². The highest BCUT2D eigenvalue weighted by atomic mass is 19.1. The van der Waals surface area contributed by atoms with Crippen LogP contribution in [0.2, 0.25) is 0 Å². The second-order valence-electron chi connectivity index (χ2n) is 15.8. The fraction of sp³-hybridized carbons (Fsp3) is 0.550. The molecule has 1 amide bonds. The van der Waals surface area contributed by atoms with Gasteiger partial charge in [-0.2, -0.15) is 9.97 Å². The molecule has 2 bridgehead atoms. The summed E-state index contributed by atoms with van der Waals surface area (Å²) in [5, 5.41) is 2.35. The van der Waals surface area contributed by atoms with Gasteiger partial charge in [-0.3, -0.25) is 14.8 Å². The molecule has 11 nitrogen and oxygen atoms in total. The van der Waals surface area contributed by atoms with Crippen LogP contribution in [-0.2, 0) is 15.9 Å². The van der Waals surface area contributed by atoms with Gasteiger partial charge in [0.25, 0.3) is 0 Å². The van der Waals surface area contributed by atoms with Gasteiger partial charge in [0.2, 0.25) is 0 Å². The zero-order valence-corrected chi connectivity index (χ0v) is 30.9. The van der Waals surface area contributed by atoms with Crippen LogP contribution in [-0.4, -0.2) is 101 Å². The molecule has 0 aliphatic carbocycles. The summed E-state index contributed by atoms with van der Waals surface area (Å²) in [7, 11) is 1.57. The first-order valence-electron chi connectivity index (χ1n) is 18.8. The van der Waals surface area contributed by atoms with Crippen molar-refractivity contribution in [2.75, 3.05) is 51.6 Å². The molecule has 2 aromatic heterocycles. The summed E-state index contributed by atoms with van der Waals surface area (Å²) in [6, 6.07) is 9.89. The Morgan fingerprint density at radius 1 is 1.04 bits per heavy atom. The van der Waals surface area contributed by atoms with Crippen molar-refractivity contribution >= 4 is 33.6 Å². The minimum absolute atomic E-state index is 0.0311. The number of anilines is 1. The van der Waals surface area contributed by atoms with Crippen molar-refractivity contribution in [1.82, 2.24) is 24.8 Å². The van der Waals surface area contributed by atoms with Crippen LogP contribution in [0.25, 0.3) is 32.9 Å². The maximum Gasteiger partial charge on any atom is 0.410 e. The third-order valence-corrected chi connectivity index (χ3v) is 11.3. The molecule has 2 aromatic carbocycles. The number of amides is 1. The SMILES string of the molecule is CCc1cccc2cc(OCOC)cc(-c3ncc4c(N5CC6CCC(C5)N6C(=O)OC(C)(C)C)nc(OCC56CCCN5CCC6)nc4c3F)c12. The van der Waals surface area contributed by atoms with Gasteiger partial charge >= 0.3 is 12.1 Å². The average molecular weight is 713 g/mol. The number of aromatic nitrogens is 3. The molecule has 52 heavy (non-hydrogen) atoms.